The number of ether oxygens (including phenoxy) is 1. The highest BCUT2D eigenvalue weighted by Crippen LogP contribution is 2.20. The number of aromatic nitrogens is 1. The van der Waals surface area contributed by atoms with E-state index in [-0.39, 0.29) is 5.91 Å². The summed E-state index contributed by atoms with van der Waals surface area (Å²) >= 11 is 1.65. The summed E-state index contributed by atoms with van der Waals surface area (Å²) < 4.78 is 5.21. The van der Waals surface area contributed by atoms with Crippen molar-refractivity contribution in [3.05, 3.63) is 40.3 Å². The number of anilines is 1. The molecule has 2 heterocycles. The Morgan fingerprint density at radius 2 is 1.92 bits per heavy atom. The fraction of sp³-hybridized carbons (Fsp3) is 0.474. The number of carbonyl (C=O) groups excluding carboxylic acids is 1. The van der Waals surface area contributed by atoms with Crippen LogP contribution in [0, 0.1) is 6.92 Å². The molecule has 0 N–H and O–H groups in total. The van der Waals surface area contributed by atoms with Crippen LogP contribution in [0.1, 0.15) is 10.7 Å². The molecular formula is C19H26N4O2S. The SMILES string of the molecule is COc1ccc(N2CCN(C(=O)CN(C)Cc3csc(C)n3)CC2)cc1. The van der Waals surface area contributed by atoms with Crippen molar-refractivity contribution in [2.24, 2.45) is 0 Å². The Balaban J connectivity index is 1.46. The summed E-state index contributed by atoms with van der Waals surface area (Å²) in [6.07, 6.45) is 0. The van der Waals surface area contributed by atoms with E-state index in [1.54, 1.807) is 18.4 Å². The van der Waals surface area contributed by atoms with Gasteiger partial charge in [0.1, 0.15) is 5.75 Å². The van der Waals surface area contributed by atoms with Crippen molar-refractivity contribution >= 4 is 22.9 Å². The van der Waals surface area contributed by atoms with E-state index in [0.717, 1.165) is 42.6 Å². The van der Waals surface area contributed by atoms with Gasteiger partial charge < -0.3 is 14.5 Å². The van der Waals surface area contributed by atoms with Gasteiger partial charge in [-0.1, -0.05) is 0 Å². The minimum atomic E-state index is 0.189. The second kappa shape index (κ2) is 8.51. The number of aryl methyl sites for hydroxylation is 1. The van der Waals surface area contributed by atoms with Crippen molar-refractivity contribution in [1.82, 2.24) is 14.8 Å². The Morgan fingerprint density at radius 3 is 2.50 bits per heavy atom. The number of benzene rings is 1. The number of amides is 1. The average molecular weight is 375 g/mol. The first-order valence-corrected chi connectivity index (χ1v) is 9.69. The van der Waals surface area contributed by atoms with Crippen LogP contribution >= 0.6 is 11.3 Å². The molecule has 1 saturated heterocycles. The molecule has 1 aromatic carbocycles. The van der Waals surface area contributed by atoms with Crippen LogP contribution in [-0.2, 0) is 11.3 Å². The molecule has 3 rings (SSSR count). The molecular weight excluding hydrogens is 348 g/mol. The molecule has 0 radical (unpaired) electrons. The molecule has 6 nitrogen and oxygen atoms in total. The van der Waals surface area contributed by atoms with Gasteiger partial charge in [-0.25, -0.2) is 4.98 Å². The maximum Gasteiger partial charge on any atom is 0.236 e. The zero-order valence-corrected chi connectivity index (χ0v) is 16.5. The predicted octanol–water partition coefficient (Wildman–Crippen LogP) is 2.24. The lowest BCUT2D eigenvalue weighted by molar-refractivity contribution is -0.132. The second-order valence-corrected chi connectivity index (χ2v) is 7.66. The van der Waals surface area contributed by atoms with Crippen LogP contribution in [-0.4, -0.2) is 67.6 Å². The fourth-order valence-corrected chi connectivity index (χ4v) is 3.76. The summed E-state index contributed by atoms with van der Waals surface area (Å²) in [5, 5.41) is 3.12. The molecule has 0 saturated carbocycles. The number of likely N-dealkylation sites (N-methyl/N-ethyl adjacent to an activating group) is 1. The van der Waals surface area contributed by atoms with Crippen LogP contribution in [0.4, 0.5) is 5.69 Å². The molecule has 1 fully saturated rings. The lowest BCUT2D eigenvalue weighted by Crippen LogP contribution is -2.51. The first kappa shape index (κ1) is 18.7. The fourth-order valence-electron chi connectivity index (χ4n) is 3.15. The maximum absolute atomic E-state index is 12.6. The minimum Gasteiger partial charge on any atom is -0.497 e. The maximum atomic E-state index is 12.6. The Bertz CT molecular complexity index is 723. The van der Waals surface area contributed by atoms with E-state index >= 15 is 0 Å². The second-order valence-electron chi connectivity index (χ2n) is 6.60. The predicted molar refractivity (Wildman–Crippen MR) is 105 cm³/mol. The number of methoxy groups -OCH3 is 1. The van der Waals surface area contributed by atoms with Gasteiger partial charge in [0.2, 0.25) is 5.91 Å². The summed E-state index contributed by atoms with van der Waals surface area (Å²) in [5.74, 6) is 1.05. The molecule has 0 spiro atoms. The summed E-state index contributed by atoms with van der Waals surface area (Å²) in [5.41, 5.74) is 2.21. The van der Waals surface area contributed by atoms with Crippen LogP contribution in [0.25, 0.3) is 0 Å². The third-order valence-electron chi connectivity index (χ3n) is 4.57. The van der Waals surface area contributed by atoms with Gasteiger partial charge in [-0.15, -0.1) is 11.3 Å². The van der Waals surface area contributed by atoms with Gasteiger partial charge in [-0.2, -0.15) is 0 Å². The number of rotatable bonds is 6. The third-order valence-corrected chi connectivity index (χ3v) is 5.40. The lowest BCUT2D eigenvalue weighted by Gasteiger charge is -2.36. The number of nitrogens with zero attached hydrogens (tertiary/aromatic N) is 4. The normalized spacial score (nSPS) is 14.8. The van der Waals surface area contributed by atoms with Crippen molar-refractivity contribution in [2.75, 3.05) is 51.8 Å². The molecule has 1 aliphatic rings. The van der Waals surface area contributed by atoms with Crippen molar-refractivity contribution < 1.29 is 9.53 Å². The van der Waals surface area contributed by atoms with E-state index in [2.05, 4.69) is 27.4 Å². The topological polar surface area (TPSA) is 48.9 Å². The van der Waals surface area contributed by atoms with Gasteiger partial charge in [-0.05, 0) is 38.2 Å². The molecule has 0 unspecified atom stereocenters. The lowest BCUT2D eigenvalue weighted by atomic mass is 10.2. The van der Waals surface area contributed by atoms with Gasteiger partial charge in [0.15, 0.2) is 0 Å². The first-order chi connectivity index (χ1) is 12.5. The van der Waals surface area contributed by atoms with Gasteiger partial charge in [0.25, 0.3) is 0 Å². The number of hydrogen-bond acceptors (Lipinski definition) is 6. The van der Waals surface area contributed by atoms with E-state index in [4.69, 9.17) is 4.74 Å². The standard InChI is InChI=1S/C19H26N4O2S/c1-15-20-16(14-26-15)12-21(2)13-19(24)23-10-8-22(9-11-23)17-4-6-18(25-3)7-5-17/h4-7,14H,8-13H2,1-3H3. The van der Waals surface area contributed by atoms with Crippen LogP contribution < -0.4 is 9.64 Å². The highest BCUT2D eigenvalue weighted by Gasteiger charge is 2.22. The van der Waals surface area contributed by atoms with E-state index in [0.29, 0.717) is 13.1 Å². The Morgan fingerprint density at radius 1 is 1.23 bits per heavy atom. The zero-order chi connectivity index (χ0) is 18.5. The summed E-state index contributed by atoms with van der Waals surface area (Å²) in [6, 6.07) is 8.09. The summed E-state index contributed by atoms with van der Waals surface area (Å²) in [7, 11) is 3.65. The van der Waals surface area contributed by atoms with Crippen molar-refractivity contribution in [3.8, 4) is 5.75 Å². The van der Waals surface area contributed by atoms with Gasteiger partial charge >= 0.3 is 0 Å². The number of piperazine rings is 1. The Hall–Kier alpha value is -2.12. The largest absolute Gasteiger partial charge is 0.497 e. The average Bonchev–Trinajstić information content (AvgIpc) is 3.06. The molecule has 0 atom stereocenters. The van der Waals surface area contributed by atoms with Crippen LogP contribution in [0.15, 0.2) is 29.6 Å². The van der Waals surface area contributed by atoms with Crippen LogP contribution in [0.5, 0.6) is 5.75 Å². The molecule has 0 bridgehead atoms. The van der Waals surface area contributed by atoms with Crippen molar-refractivity contribution in [3.63, 3.8) is 0 Å². The molecule has 1 amide bonds. The first-order valence-electron chi connectivity index (χ1n) is 8.81. The molecule has 1 aliphatic heterocycles. The monoisotopic (exact) mass is 374 g/mol. The number of carbonyl (C=O) groups is 1. The van der Waals surface area contributed by atoms with Gasteiger partial charge in [0, 0.05) is 43.8 Å². The molecule has 140 valence electrons. The molecule has 0 aliphatic carbocycles. The van der Waals surface area contributed by atoms with Crippen molar-refractivity contribution in [2.45, 2.75) is 13.5 Å². The zero-order valence-electron chi connectivity index (χ0n) is 15.6. The van der Waals surface area contributed by atoms with Crippen LogP contribution in [0.2, 0.25) is 0 Å². The van der Waals surface area contributed by atoms with Crippen LogP contribution in [0.3, 0.4) is 0 Å². The number of hydrogen-bond donors (Lipinski definition) is 0. The third kappa shape index (κ3) is 4.74. The molecule has 26 heavy (non-hydrogen) atoms. The molecule has 1 aromatic heterocycles. The van der Waals surface area contributed by atoms with Gasteiger partial charge in [0.05, 0.1) is 24.4 Å². The molecule has 7 heteroatoms. The highest BCUT2D eigenvalue weighted by molar-refractivity contribution is 7.09. The van der Waals surface area contributed by atoms with E-state index in [1.807, 2.05) is 35.9 Å². The quantitative estimate of drug-likeness (QED) is 0.776. The summed E-state index contributed by atoms with van der Waals surface area (Å²) in [6.45, 7) is 6.37. The smallest absolute Gasteiger partial charge is 0.236 e. The summed E-state index contributed by atoms with van der Waals surface area (Å²) in [4.78, 5) is 23.3. The van der Waals surface area contributed by atoms with Crippen molar-refractivity contribution in [1.29, 1.82) is 0 Å². The van der Waals surface area contributed by atoms with E-state index in [9.17, 15) is 4.79 Å². The Kier molecular flexibility index (Phi) is 6.11. The van der Waals surface area contributed by atoms with E-state index < -0.39 is 0 Å². The van der Waals surface area contributed by atoms with E-state index in [1.165, 1.54) is 5.69 Å². The highest BCUT2D eigenvalue weighted by atomic mass is 32.1. The van der Waals surface area contributed by atoms with Gasteiger partial charge in [-0.3, -0.25) is 9.69 Å². The number of thiazole rings is 1. The Labute approximate surface area is 159 Å². The minimum absolute atomic E-state index is 0.189. The molecule has 2 aromatic rings.